The quantitative estimate of drug-likeness (QED) is 0.549. The summed E-state index contributed by atoms with van der Waals surface area (Å²) in [6, 6.07) is 3.51. The molecule has 0 saturated carbocycles. The van der Waals surface area contributed by atoms with Gasteiger partial charge in [-0.1, -0.05) is 25.4 Å². The molecule has 0 aliphatic heterocycles. The first-order valence-corrected chi connectivity index (χ1v) is 7.47. The highest BCUT2D eigenvalue weighted by molar-refractivity contribution is 6.43. The topological polar surface area (TPSA) is 98.7 Å². The van der Waals surface area contributed by atoms with Crippen LogP contribution in [-0.4, -0.2) is 41.5 Å². The minimum Gasteiger partial charge on any atom is -0.426 e. The van der Waals surface area contributed by atoms with Crippen LogP contribution in [0, 0.1) is 11.7 Å². The van der Waals surface area contributed by atoms with Gasteiger partial charge in [-0.3, -0.25) is 9.59 Å². The van der Waals surface area contributed by atoms with Gasteiger partial charge in [-0.25, -0.2) is 4.39 Å². The van der Waals surface area contributed by atoms with Gasteiger partial charge in [0, 0.05) is 5.02 Å². The van der Waals surface area contributed by atoms with Gasteiger partial charge in [0.2, 0.25) is 5.91 Å². The van der Waals surface area contributed by atoms with Crippen LogP contribution in [-0.2, 0) is 4.79 Å². The maximum absolute atomic E-state index is 13.5. The zero-order chi connectivity index (χ0) is 17.6. The highest BCUT2D eigenvalue weighted by Crippen LogP contribution is 2.14. The minimum atomic E-state index is -1.71. The second kappa shape index (κ2) is 8.86. The maximum Gasteiger partial charge on any atom is 0.475 e. The van der Waals surface area contributed by atoms with Crippen molar-refractivity contribution >= 4 is 30.5 Å². The molecule has 4 N–H and O–H groups in total. The Balaban J connectivity index is 2.58. The van der Waals surface area contributed by atoms with Crippen molar-refractivity contribution in [2.24, 2.45) is 5.92 Å². The number of nitrogens with one attached hydrogen (secondary N) is 2. The van der Waals surface area contributed by atoms with E-state index in [2.05, 4.69) is 10.6 Å². The predicted molar refractivity (Wildman–Crippen MR) is 85.3 cm³/mol. The monoisotopic (exact) mass is 344 g/mol. The molecule has 0 saturated heterocycles. The Morgan fingerprint density at radius 2 is 2.00 bits per heavy atom. The van der Waals surface area contributed by atoms with Crippen molar-refractivity contribution in [1.29, 1.82) is 0 Å². The number of halogens is 2. The van der Waals surface area contributed by atoms with Gasteiger partial charge in [0.1, 0.15) is 5.82 Å². The molecule has 1 rings (SSSR count). The van der Waals surface area contributed by atoms with Crippen LogP contribution in [0.25, 0.3) is 0 Å². The molecule has 0 aliphatic carbocycles. The standard InChI is InChI=1S/C14H19BClFN2O4/c1-8(2)5-12(15(22)23)19-13(20)7-18-14(21)10-6-9(16)3-4-11(10)17/h3-4,6,8,12,22-23H,5,7H2,1-2H3,(H,18,21)(H,19,20)/t12-/m0/s1. The summed E-state index contributed by atoms with van der Waals surface area (Å²) in [6.07, 6.45) is 0.361. The molecule has 1 aromatic rings. The van der Waals surface area contributed by atoms with Crippen LogP contribution < -0.4 is 10.6 Å². The van der Waals surface area contributed by atoms with Crippen molar-refractivity contribution in [2.45, 2.75) is 26.2 Å². The summed E-state index contributed by atoms with van der Waals surface area (Å²) < 4.78 is 13.5. The van der Waals surface area contributed by atoms with Gasteiger partial charge < -0.3 is 20.7 Å². The summed E-state index contributed by atoms with van der Waals surface area (Å²) in [5.74, 6) is -2.86. The normalized spacial score (nSPS) is 12.0. The molecule has 0 bridgehead atoms. The van der Waals surface area contributed by atoms with Crippen molar-refractivity contribution in [3.8, 4) is 0 Å². The molecule has 0 unspecified atom stereocenters. The third-order valence-corrected chi connectivity index (χ3v) is 3.25. The number of hydrogen-bond acceptors (Lipinski definition) is 4. The van der Waals surface area contributed by atoms with Crippen molar-refractivity contribution in [1.82, 2.24) is 10.6 Å². The second-order valence-electron chi connectivity index (χ2n) is 5.52. The molecule has 0 aliphatic rings. The molecule has 2 amide bonds. The van der Waals surface area contributed by atoms with Crippen molar-refractivity contribution in [2.75, 3.05) is 6.54 Å². The number of benzene rings is 1. The minimum absolute atomic E-state index is 0.136. The van der Waals surface area contributed by atoms with Crippen LogP contribution in [0.4, 0.5) is 4.39 Å². The van der Waals surface area contributed by atoms with Gasteiger partial charge in [-0.15, -0.1) is 0 Å². The Morgan fingerprint density at radius 3 is 2.57 bits per heavy atom. The number of rotatable bonds is 7. The summed E-state index contributed by atoms with van der Waals surface area (Å²) in [5, 5.41) is 23.3. The first-order chi connectivity index (χ1) is 10.7. The fourth-order valence-corrected chi connectivity index (χ4v) is 2.12. The molecule has 0 fully saturated rings. The SMILES string of the molecule is CC(C)C[C@H](NC(=O)CNC(=O)c1cc(Cl)ccc1F)B(O)O. The largest absolute Gasteiger partial charge is 0.475 e. The number of carbonyl (C=O) groups excluding carboxylic acids is 2. The first-order valence-electron chi connectivity index (χ1n) is 7.09. The van der Waals surface area contributed by atoms with E-state index in [1.807, 2.05) is 13.8 Å². The smallest absolute Gasteiger partial charge is 0.426 e. The van der Waals surface area contributed by atoms with E-state index >= 15 is 0 Å². The molecule has 0 radical (unpaired) electrons. The Morgan fingerprint density at radius 1 is 1.35 bits per heavy atom. The molecule has 0 heterocycles. The van der Waals surface area contributed by atoms with Gasteiger partial charge in [-0.05, 0) is 30.5 Å². The number of carbonyl (C=O) groups is 2. The zero-order valence-electron chi connectivity index (χ0n) is 12.8. The van der Waals surface area contributed by atoms with E-state index in [1.54, 1.807) is 0 Å². The molecule has 1 atom stereocenters. The Kier molecular flexibility index (Phi) is 7.47. The Labute approximate surface area is 139 Å². The van der Waals surface area contributed by atoms with Crippen LogP contribution in [0.15, 0.2) is 18.2 Å². The number of hydrogen-bond donors (Lipinski definition) is 4. The molecular weight excluding hydrogens is 325 g/mol. The van der Waals surface area contributed by atoms with E-state index in [1.165, 1.54) is 6.07 Å². The van der Waals surface area contributed by atoms with Crippen LogP contribution >= 0.6 is 11.6 Å². The molecule has 1 aromatic carbocycles. The lowest BCUT2D eigenvalue weighted by Crippen LogP contribution is -2.50. The van der Waals surface area contributed by atoms with Gasteiger partial charge in [0.15, 0.2) is 0 Å². The summed E-state index contributed by atoms with van der Waals surface area (Å²) >= 11 is 5.69. The zero-order valence-corrected chi connectivity index (χ0v) is 13.6. The average molecular weight is 345 g/mol. The second-order valence-corrected chi connectivity index (χ2v) is 5.96. The van der Waals surface area contributed by atoms with Gasteiger partial charge in [0.05, 0.1) is 18.0 Å². The van der Waals surface area contributed by atoms with Gasteiger partial charge in [0.25, 0.3) is 5.91 Å². The molecule has 0 spiro atoms. The molecule has 126 valence electrons. The van der Waals surface area contributed by atoms with Gasteiger partial charge in [-0.2, -0.15) is 0 Å². The van der Waals surface area contributed by atoms with Crippen molar-refractivity contribution < 1.29 is 24.0 Å². The van der Waals surface area contributed by atoms with Crippen molar-refractivity contribution in [3.05, 3.63) is 34.6 Å². The predicted octanol–water partition coefficient (Wildman–Crippen LogP) is 0.752. The molecule has 9 heteroatoms. The average Bonchev–Trinajstić information content (AvgIpc) is 2.46. The third kappa shape index (κ3) is 6.56. The lowest BCUT2D eigenvalue weighted by atomic mass is 9.75. The lowest BCUT2D eigenvalue weighted by Gasteiger charge is -2.19. The van der Waals surface area contributed by atoms with Crippen LogP contribution in [0.2, 0.25) is 5.02 Å². The highest BCUT2D eigenvalue weighted by Gasteiger charge is 2.26. The molecule has 6 nitrogen and oxygen atoms in total. The maximum atomic E-state index is 13.5. The van der Waals surface area contributed by atoms with Gasteiger partial charge >= 0.3 is 7.12 Å². The molecule has 0 aromatic heterocycles. The lowest BCUT2D eigenvalue weighted by molar-refractivity contribution is -0.120. The van der Waals surface area contributed by atoms with E-state index in [0.29, 0.717) is 6.42 Å². The van der Waals surface area contributed by atoms with Crippen LogP contribution in [0.5, 0.6) is 0 Å². The molecule has 23 heavy (non-hydrogen) atoms. The first kappa shape index (κ1) is 19.4. The van der Waals surface area contributed by atoms with E-state index in [4.69, 9.17) is 11.6 Å². The van der Waals surface area contributed by atoms with E-state index < -0.39 is 37.2 Å². The Bertz CT molecular complexity index is 572. The fourth-order valence-electron chi connectivity index (χ4n) is 1.95. The van der Waals surface area contributed by atoms with Crippen molar-refractivity contribution in [3.63, 3.8) is 0 Å². The molecular formula is C14H19BClFN2O4. The summed E-state index contributed by atoms with van der Waals surface area (Å²) in [6.45, 7) is 3.31. The van der Waals surface area contributed by atoms with E-state index in [9.17, 15) is 24.0 Å². The van der Waals surface area contributed by atoms with E-state index in [-0.39, 0.29) is 16.5 Å². The Hall–Kier alpha value is -1.64. The van der Waals surface area contributed by atoms with Crippen LogP contribution in [0.3, 0.4) is 0 Å². The third-order valence-electron chi connectivity index (χ3n) is 3.01. The summed E-state index contributed by atoms with van der Waals surface area (Å²) in [5.41, 5.74) is -0.272. The number of amides is 2. The van der Waals surface area contributed by atoms with Crippen LogP contribution in [0.1, 0.15) is 30.6 Å². The summed E-state index contributed by atoms with van der Waals surface area (Å²) in [4.78, 5) is 23.6. The fraction of sp³-hybridized carbons (Fsp3) is 0.429. The highest BCUT2D eigenvalue weighted by atomic mass is 35.5. The summed E-state index contributed by atoms with van der Waals surface area (Å²) in [7, 11) is -1.71. The van der Waals surface area contributed by atoms with E-state index in [0.717, 1.165) is 12.1 Å².